The number of unbranched alkanes of at least 4 members (excludes halogenated alkanes) is 10. The van der Waals surface area contributed by atoms with Crippen molar-refractivity contribution in [1.29, 1.82) is 0 Å². The zero-order valence-electron chi connectivity index (χ0n) is 17.0. The SMILES string of the molecule is CCCCCCCCCCCCCC(=O)OC(=O)[C@H](O)[C@@H](O)[C@H](O)[C@H](O)CO. The topological polar surface area (TPSA) is 145 Å². The Hall–Kier alpha value is -1.06. The van der Waals surface area contributed by atoms with Crippen molar-refractivity contribution in [2.45, 2.75) is 108 Å². The predicted octanol–water partition coefficient (Wildman–Crippen LogP) is 1.19. The Morgan fingerprint density at radius 3 is 1.68 bits per heavy atom. The molecule has 0 aromatic rings. The fourth-order valence-corrected chi connectivity index (χ4v) is 2.82. The van der Waals surface area contributed by atoms with Crippen LogP contribution in [-0.2, 0) is 14.3 Å². The van der Waals surface area contributed by atoms with E-state index in [1.807, 2.05) is 0 Å². The second kappa shape index (κ2) is 16.9. The summed E-state index contributed by atoms with van der Waals surface area (Å²) < 4.78 is 4.45. The lowest BCUT2D eigenvalue weighted by Crippen LogP contribution is -2.49. The second-order valence-corrected chi connectivity index (χ2v) is 7.25. The summed E-state index contributed by atoms with van der Waals surface area (Å²) in [6.45, 7) is 1.34. The minimum Gasteiger partial charge on any atom is -0.394 e. The lowest BCUT2D eigenvalue weighted by atomic mass is 10.0. The van der Waals surface area contributed by atoms with Crippen LogP contribution in [0, 0.1) is 0 Å². The van der Waals surface area contributed by atoms with Crippen molar-refractivity contribution in [3.63, 3.8) is 0 Å². The van der Waals surface area contributed by atoms with E-state index in [1.165, 1.54) is 44.9 Å². The van der Waals surface area contributed by atoms with Crippen molar-refractivity contribution in [3.05, 3.63) is 0 Å². The molecule has 8 heteroatoms. The molecule has 0 aromatic heterocycles. The third-order valence-corrected chi connectivity index (χ3v) is 4.70. The van der Waals surface area contributed by atoms with Crippen LogP contribution in [0.5, 0.6) is 0 Å². The number of ether oxygens (including phenoxy) is 1. The van der Waals surface area contributed by atoms with Crippen LogP contribution < -0.4 is 0 Å². The quantitative estimate of drug-likeness (QED) is 0.138. The van der Waals surface area contributed by atoms with Crippen LogP contribution in [-0.4, -0.2) is 68.5 Å². The highest BCUT2D eigenvalue weighted by Crippen LogP contribution is 2.12. The summed E-state index contributed by atoms with van der Waals surface area (Å²) in [6, 6.07) is 0. The molecule has 0 rings (SSSR count). The van der Waals surface area contributed by atoms with E-state index in [-0.39, 0.29) is 6.42 Å². The van der Waals surface area contributed by atoms with E-state index in [0.717, 1.165) is 19.3 Å². The first kappa shape index (κ1) is 26.9. The third kappa shape index (κ3) is 12.4. The maximum atomic E-state index is 11.6. The fourth-order valence-electron chi connectivity index (χ4n) is 2.82. The standard InChI is InChI=1S/C20H38O8/c1-2-3-4-5-6-7-8-9-10-11-12-13-16(23)28-20(27)19(26)18(25)17(24)15(22)14-21/h15,17-19,21-22,24-26H,2-14H2,1H3/t15-,17-,18+,19-/m1/s1. The summed E-state index contributed by atoms with van der Waals surface area (Å²) in [7, 11) is 0. The van der Waals surface area contributed by atoms with Gasteiger partial charge in [0.2, 0.25) is 0 Å². The molecule has 0 bridgehead atoms. The molecule has 0 spiro atoms. The normalized spacial score (nSPS) is 15.6. The van der Waals surface area contributed by atoms with Crippen LogP contribution in [0.1, 0.15) is 84.0 Å². The van der Waals surface area contributed by atoms with Crippen molar-refractivity contribution in [3.8, 4) is 0 Å². The molecule has 0 unspecified atom stereocenters. The molecule has 0 amide bonds. The number of hydrogen-bond donors (Lipinski definition) is 5. The predicted molar refractivity (Wildman–Crippen MR) is 103 cm³/mol. The molecule has 0 aliphatic rings. The van der Waals surface area contributed by atoms with Gasteiger partial charge in [0.15, 0.2) is 6.10 Å². The maximum Gasteiger partial charge on any atom is 0.345 e. The van der Waals surface area contributed by atoms with E-state index in [9.17, 15) is 30.0 Å². The summed E-state index contributed by atoms with van der Waals surface area (Å²) in [6.07, 6.45) is 4.43. The zero-order valence-corrected chi connectivity index (χ0v) is 17.0. The van der Waals surface area contributed by atoms with Crippen molar-refractivity contribution in [2.24, 2.45) is 0 Å². The van der Waals surface area contributed by atoms with Gasteiger partial charge in [-0.2, -0.15) is 0 Å². The Labute approximate surface area is 167 Å². The summed E-state index contributed by atoms with van der Waals surface area (Å²) in [5, 5.41) is 46.5. The molecule has 166 valence electrons. The van der Waals surface area contributed by atoms with Gasteiger partial charge in [0, 0.05) is 6.42 Å². The Morgan fingerprint density at radius 1 is 0.750 bits per heavy atom. The van der Waals surface area contributed by atoms with Gasteiger partial charge in [0.05, 0.1) is 6.61 Å². The Morgan fingerprint density at radius 2 is 1.21 bits per heavy atom. The first-order chi connectivity index (χ1) is 13.3. The van der Waals surface area contributed by atoms with Gasteiger partial charge < -0.3 is 30.3 Å². The van der Waals surface area contributed by atoms with Gasteiger partial charge in [-0.3, -0.25) is 4.79 Å². The van der Waals surface area contributed by atoms with Gasteiger partial charge in [0.25, 0.3) is 0 Å². The molecule has 0 heterocycles. The summed E-state index contributed by atoms with van der Waals surface area (Å²) in [5.41, 5.74) is 0. The molecule has 0 saturated heterocycles. The minimum atomic E-state index is -2.20. The lowest BCUT2D eigenvalue weighted by Gasteiger charge is -2.24. The van der Waals surface area contributed by atoms with Gasteiger partial charge in [-0.1, -0.05) is 71.1 Å². The largest absolute Gasteiger partial charge is 0.394 e. The molecular weight excluding hydrogens is 368 g/mol. The summed E-state index contributed by atoms with van der Waals surface area (Å²) in [5.74, 6) is -2.21. The molecular formula is C20H38O8. The second-order valence-electron chi connectivity index (χ2n) is 7.25. The van der Waals surface area contributed by atoms with Crippen LogP contribution in [0.4, 0.5) is 0 Å². The van der Waals surface area contributed by atoms with Crippen molar-refractivity contribution < 1.29 is 39.9 Å². The van der Waals surface area contributed by atoms with Gasteiger partial charge >= 0.3 is 11.9 Å². The van der Waals surface area contributed by atoms with Crippen molar-refractivity contribution in [2.75, 3.05) is 6.61 Å². The molecule has 0 aliphatic carbocycles. The Balaban J connectivity index is 3.79. The number of hydrogen-bond acceptors (Lipinski definition) is 8. The number of aliphatic hydroxyl groups is 5. The van der Waals surface area contributed by atoms with Crippen LogP contribution in [0.15, 0.2) is 0 Å². The molecule has 0 fully saturated rings. The summed E-state index contributed by atoms with van der Waals surface area (Å²) >= 11 is 0. The highest BCUT2D eigenvalue weighted by atomic mass is 16.6. The molecule has 5 N–H and O–H groups in total. The van der Waals surface area contributed by atoms with Crippen LogP contribution in [0.3, 0.4) is 0 Å². The van der Waals surface area contributed by atoms with Gasteiger partial charge in [-0.25, -0.2) is 4.79 Å². The monoisotopic (exact) mass is 406 g/mol. The zero-order chi connectivity index (χ0) is 21.4. The Bertz CT molecular complexity index is 415. The lowest BCUT2D eigenvalue weighted by molar-refractivity contribution is -0.176. The van der Waals surface area contributed by atoms with Gasteiger partial charge in [0.1, 0.15) is 18.3 Å². The average Bonchev–Trinajstić information content (AvgIpc) is 2.69. The summed E-state index contributed by atoms with van der Waals surface area (Å²) in [4.78, 5) is 23.2. The van der Waals surface area contributed by atoms with Crippen molar-refractivity contribution >= 4 is 11.9 Å². The average molecular weight is 407 g/mol. The highest BCUT2D eigenvalue weighted by molar-refractivity contribution is 5.88. The third-order valence-electron chi connectivity index (χ3n) is 4.70. The molecule has 0 aromatic carbocycles. The van der Waals surface area contributed by atoms with Crippen LogP contribution in [0.2, 0.25) is 0 Å². The number of aliphatic hydroxyl groups excluding tert-OH is 5. The first-order valence-electron chi connectivity index (χ1n) is 10.4. The van der Waals surface area contributed by atoms with E-state index in [1.54, 1.807) is 0 Å². The van der Waals surface area contributed by atoms with E-state index in [4.69, 9.17) is 5.11 Å². The van der Waals surface area contributed by atoms with Gasteiger partial charge in [-0.15, -0.1) is 0 Å². The Kier molecular flexibility index (Phi) is 16.2. The van der Waals surface area contributed by atoms with E-state index >= 15 is 0 Å². The maximum absolute atomic E-state index is 11.6. The molecule has 0 saturated carbocycles. The number of carbonyl (C=O) groups excluding carboxylic acids is 2. The van der Waals surface area contributed by atoms with E-state index in [2.05, 4.69) is 11.7 Å². The molecule has 28 heavy (non-hydrogen) atoms. The molecule has 8 nitrogen and oxygen atoms in total. The van der Waals surface area contributed by atoms with E-state index in [0.29, 0.717) is 6.42 Å². The number of esters is 2. The highest BCUT2D eigenvalue weighted by Gasteiger charge is 2.35. The fraction of sp³-hybridized carbons (Fsp3) is 0.900. The molecule has 0 radical (unpaired) electrons. The molecule has 0 aliphatic heterocycles. The molecule has 4 atom stereocenters. The minimum absolute atomic E-state index is 0.0212. The first-order valence-corrected chi connectivity index (χ1v) is 10.4. The van der Waals surface area contributed by atoms with Crippen LogP contribution >= 0.6 is 0 Å². The van der Waals surface area contributed by atoms with E-state index < -0.39 is 43.0 Å². The van der Waals surface area contributed by atoms with Crippen molar-refractivity contribution in [1.82, 2.24) is 0 Å². The van der Waals surface area contributed by atoms with Crippen LogP contribution in [0.25, 0.3) is 0 Å². The number of carbonyl (C=O) groups is 2. The van der Waals surface area contributed by atoms with Gasteiger partial charge in [-0.05, 0) is 6.42 Å². The number of rotatable bonds is 17. The smallest absolute Gasteiger partial charge is 0.345 e.